The van der Waals surface area contributed by atoms with E-state index < -0.39 is 0 Å². The van der Waals surface area contributed by atoms with Crippen molar-refractivity contribution in [2.45, 2.75) is 106 Å². The molecule has 0 N–H and O–H groups in total. The summed E-state index contributed by atoms with van der Waals surface area (Å²) in [6.45, 7) is 14.8. The lowest BCUT2D eigenvalue weighted by Crippen LogP contribution is -2.42. The van der Waals surface area contributed by atoms with Gasteiger partial charge >= 0.3 is 0 Å². The molecule has 3 unspecified atom stereocenters. The molecular formula is C25H46. The van der Waals surface area contributed by atoms with E-state index in [-0.39, 0.29) is 0 Å². The Hall–Kier alpha value is -0.260. The highest BCUT2D eigenvalue weighted by Gasteiger charge is 2.45. The summed E-state index contributed by atoms with van der Waals surface area (Å²) >= 11 is 0. The minimum Gasteiger partial charge on any atom is -0.0914 e. The molecule has 2 aliphatic rings. The molecule has 3 atom stereocenters. The molecule has 0 heteroatoms. The van der Waals surface area contributed by atoms with Crippen LogP contribution in [0.15, 0.2) is 12.2 Å². The Morgan fingerprint density at radius 3 is 1.72 bits per heavy atom. The highest BCUT2D eigenvalue weighted by atomic mass is 14.5. The van der Waals surface area contributed by atoms with Gasteiger partial charge in [-0.25, -0.2) is 0 Å². The van der Waals surface area contributed by atoms with E-state index in [1.54, 1.807) is 0 Å². The van der Waals surface area contributed by atoms with Crippen molar-refractivity contribution in [3.63, 3.8) is 0 Å². The topological polar surface area (TPSA) is 0 Å². The van der Waals surface area contributed by atoms with Crippen molar-refractivity contribution in [1.29, 1.82) is 0 Å². The summed E-state index contributed by atoms with van der Waals surface area (Å²) in [5.41, 5.74) is 0.484. The summed E-state index contributed by atoms with van der Waals surface area (Å²) in [5.74, 6) is 5.52. The number of hydrogen-bond donors (Lipinski definition) is 0. The van der Waals surface area contributed by atoms with E-state index in [1.807, 2.05) is 0 Å². The van der Waals surface area contributed by atoms with Gasteiger partial charge in [0.1, 0.15) is 0 Å². The van der Waals surface area contributed by atoms with E-state index in [9.17, 15) is 0 Å². The van der Waals surface area contributed by atoms with Gasteiger partial charge in [0.25, 0.3) is 0 Å². The Morgan fingerprint density at radius 2 is 1.32 bits per heavy atom. The largest absolute Gasteiger partial charge is 0.0914 e. The first kappa shape index (κ1) is 21.0. The first-order valence-electron chi connectivity index (χ1n) is 11.6. The van der Waals surface area contributed by atoms with Gasteiger partial charge in [-0.2, -0.15) is 0 Å². The van der Waals surface area contributed by atoms with Crippen molar-refractivity contribution >= 4 is 0 Å². The SMILES string of the molecule is C/C=C\C(C1CCC(C)CC1)C(C)(CC)C(CC)C1CCC(C)CC1. The van der Waals surface area contributed by atoms with Crippen LogP contribution in [0.1, 0.15) is 106 Å². The van der Waals surface area contributed by atoms with Gasteiger partial charge in [-0.3, -0.25) is 0 Å². The lowest BCUT2D eigenvalue weighted by Gasteiger charge is -2.50. The van der Waals surface area contributed by atoms with Crippen LogP contribution in [0.5, 0.6) is 0 Å². The van der Waals surface area contributed by atoms with E-state index in [2.05, 4.69) is 53.7 Å². The predicted molar refractivity (Wildman–Crippen MR) is 113 cm³/mol. The molecule has 146 valence electrons. The molecule has 0 aliphatic heterocycles. The summed E-state index contributed by atoms with van der Waals surface area (Å²) in [6, 6.07) is 0. The van der Waals surface area contributed by atoms with Crippen LogP contribution in [-0.4, -0.2) is 0 Å². The first-order valence-corrected chi connectivity index (χ1v) is 11.6. The minimum absolute atomic E-state index is 0.484. The molecule has 0 aromatic heterocycles. The van der Waals surface area contributed by atoms with Gasteiger partial charge in [0.15, 0.2) is 0 Å². The van der Waals surface area contributed by atoms with Crippen LogP contribution in [0.25, 0.3) is 0 Å². The van der Waals surface area contributed by atoms with E-state index in [0.717, 1.165) is 35.5 Å². The second kappa shape index (κ2) is 9.61. The average molecular weight is 347 g/mol. The molecule has 0 radical (unpaired) electrons. The Kier molecular flexibility index (Phi) is 8.09. The molecule has 0 aromatic carbocycles. The molecule has 0 spiro atoms. The lowest BCUT2D eigenvalue weighted by molar-refractivity contribution is 0.00585. The zero-order valence-corrected chi connectivity index (χ0v) is 18.2. The fourth-order valence-electron chi connectivity index (χ4n) is 6.54. The zero-order chi connectivity index (χ0) is 18.4. The maximum absolute atomic E-state index is 2.67. The van der Waals surface area contributed by atoms with E-state index >= 15 is 0 Å². The molecule has 0 aromatic rings. The van der Waals surface area contributed by atoms with Gasteiger partial charge in [0.2, 0.25) is 0 Å². The van der Waals surface area contributed by atoms with Crippen LogP contribution in [-0.2, 0) is 0 Å². The van der Waals surface area contributed by atoms with Crippen molar-refractivity contribution in [3.8, 4) is 0 Å². The minimum atomic E-state index is 0.484. The summed E-state index contributed by atoms with van der Waals surface area (Å²) in [6.07, 6.45) is 19.5. The molecule has 0 nitrogen and oxygen atoms in total. The number of rotatable bonds is 7. The average Bonchev–Trinajstić information content (AvgIpc) is 2.62. The molecule has 2 fully saturated rings. The Balaban J connectivity index is 2.22. The van der Waals surface area contributed by atoms with Crippen molar-refractivity contribution < 1.29 is 0 Å². The molecule has 2 saturated carbocycles. The van der Waals surface area contributed by atoms with Crippen molar-refractivity contribution in [2.75, 3.05) is 0 Å². The Morgan fingerprint density at radius 1 is 0.840 bits per heavy atom. The molecular weight excluding hydrogens is 300 g/mol. The highest BCUT2D eigenvalue weighted by Crippen LogP contribution is 2.53. The lowest BCUT2D eigenvalue weighted by atomic mass is 9.54. The smallest absolute Gasteiger partial charge is 0.0149 e. The first-order chi connectivity index (χ1) is 12.0. The standard InChI is InChI=1S/C25H46/c1-7-10-24(22-17-13-20(5)14-18-22)25(6,9-3)23(8-2)21-15-11-19(4)12-16-21/h7,10,19-24H,8-9,11-18H2,1-6H3/b10-7-. The highest BCUT2D eigenvalue weighted by molar-refractivity contribution is 5.03. The summed E-state index contributed by atoms with van der Waals surface area (Å²) in [5, 5.41) is 0. The van der Waals surface area contributed by atoms with Crippen molar-refractivity contribution in [2.24, 2.45) is 40.9 Å². The molecule has 0 amide bonds. The summed E-state index contributed by atoms with van der Waals surface area (Å²) in [7, 11) is 0. The van der Waals surface area contributed by atoms with Crippen molar-refractivity contribution in [1.82, 2.24) is 0 Å². The predicted octanol–water partition coefficient (Wildman–Crippen LogP) is 8.27. The van der Waals surface area contributed by atoms with Crippen LogP contribution in [0.4, 0.5) is 0 Å². The summed E-state index contributed by atoms with van der Waals surface area (Å²) < 4.78 is 0. The number of allylic oxidation sites excluding steroid dienone is 2. The maximum atomic E-state index is 2.67. The second-order valence-electron chi connectivity index (χ2n) is 9.97. The second-order valence-corrected chi connectivity index (χ2v) is 9.97. The summed E-state index contributed by atoms with van der Waals surface area (Å²) in [4.78, 5) is 0. The third-order valence-corrected chi connectivity index (χ3v) is 8.41. The third kappa shape index (κ3) is 4.92. The third-order valence-electron chi connectivity index (χ3n) is 8.41. The van der Waals surface area contributed by atoms with Crippen LogP contribution in [0, 0.1) is 40.9 Å². The fourth-order valence-corrected chi connectivity index (χ4v) is 6.54. The van der Waals surface area contributed by atoms with Crippen molar-refractivity contribution in [3.05, 3.63) is 12.2 Å². The molecule has 0 bridgehead atoms. The number of hydrogen-bond acceptors (Lipinski definition) is 0. The zero-order valence-electron chi connectivity index (χ0n) is 18.2. The van der Waals surface area contributed by atoms with E-state index in [4.69, 9.17) is 0 Å². The van der Waals surface area contributed by atoms with Gasteiger partial charge in [-0.05, 0) is 80.0 Å². The molecule has 2 aliphatic carbocycles. The van der Waals surface area contributed by atoms with Crippen LogP contribution >= 0.6 is 0 Å². The van der Waals surface area contributed by atoms with E-state index in [1.165, 1.54) is 64.2 Å². The van der Waals surface area contributed by atoms with Crippen LogP contribution in [0.3, 0.4) is 0 Å². The Bertz CT molecular complexity index is 392. The molecule has 2 rings (SSSR count). The van der Waals surface area contributed by atoms with Crippen LogP contribution < -0.4 is 0 Å². The maximum Gasteiger partial charge on any atom is -0.0149 e. The van der Waals surface area contributed by atoms with Gasteiger partial charge < -0.3 is 0 Å². The monoisotopic (exact) mass is 346 g/mol. The fraction of sp³-hybridized carbons (Fsp3) is 0.920. The van der Waals surface area contributed by atoms with Gasteiger partial charge in [0.05, 0.1) is 0 Å². The van der Waals surface area contributed by atoms with Crippen LogP contribution in [0.2, 0.25) is 0 Å². The molecule has 0 saturated heterocycles. The van der Waals surface area contributed by atoms with Gasteiger partial charge in [-0.15, -0.1) is 0 Å². The molecule has 25 heavy (non-hydrogen) atoms. The van der Waals surface area contributed by atoms with Gasteiger partial charge in [0, 0.05) is 0 Å². The van der Waals surface area contributed by atoms with E-state index in [0.29, 0.717) is 5.41 Å². The molecule has 0 heterocycles. The normalized spacial score (nSPS) is 36.1. The quantitative estimate of drug-likeness (QED) is 0.407. The van der Waals surface area contributed by atoms with Gasteiger partial charge in [-0.1, -0.05) is 78.9 Å². The Labute approximate surface area is 159 Å².